The number of carbonyl (C=O) groups excluding carboxylic acids is 2. The predicted octanol–water partition coefficient (Wildman–Crippen LogP) is 5.23. The third kappa shape index (κ3) is 4.66. The molecule has 1 fully saturated rings. The van der Waals surface area contributed by atoms with Gasteiger partial charge < -0.3 is 14.9 Å². The Morgan fingerprint density at radius 3 is 2.42 bits per heavy atom. The summed E-state index contributed by atoms with van der Waals surface area (Å²) in [6.07, 6.45) is 0. The van der Waals surface area contributed by atoms with Gasteiger partial charge in [0.15, 0.2) is 0 Å². The summed E-state index contributed by atoms with van der Waals surface area (Å²) in [4.78, 5) is 27.8. The van der Waals surface area contributed by atoms with Crippen LogP contribution in [0.3, 0.4) is 0 Å². The van der Waals surface area contributed by atoms with Crippen LogP contribution in [0.15, 0.2) is 72.3 Å². The number of anilines is 1. The van der Waals surface area contributed by atoms with Crippen molar-refractivity contribution in [2.24, 2.45) is 5.92 Å². The number of rotatable bonds is 6. The van der Waals surface area contributed by atoms with Gasteiger partial charge >= 0.3 is 0 Å². The molecule has 1 aliphatic heterocycles. The van der Waals surface area contributed by atoms with Crippen molar-refractivity contribution in [3.05, 3.63) is 94.6 Å². The number of hydrogen-bond acceptors (Lipinski definition) is 6. The molecule has 0 radical (unpaired) electrons. The first-order chi connectivity index (χ1) is 17.2. The molecule has 1 saturated heterocycles. The Kier molecular flexibility index (Phi) is 6.80. The van der Waals surface area contributed by atoms with Crippen molar-refractivity contribution in [3.63, 3.8) is 0 Å². The lowest BCUT2D eigenvalue weighted by Crippen LogP contribution is -2.29. The van der Waals surface area contributed by atoms with Crippen molar-refractivity contribution in [2.75, 3.05) is 11.5 Å². The Morgan fingerprint density at radius 2 is 1.81 bits per heavy atom. The van der Waals surface area contributed by atoms with Crippen LogP contribution in [0.25, 0.3) is 5.76 Å². The molecule has 1 unspecified atom stereocenters. The van der Waals surface area contributed by atoms with E-state index in [0.717, 1.165) is 5.56 Å². The van der Waals surface area contributed by atoms with E-state index in [1.165, 1.54) is 17.0 Å². The third-order valence-corrected chi connectivity index (χ3v) is 5.93. The zero-order valence-electron chi connectivity index (χ0n) is 20.2. The monoisotopic (exact) mass is 482 g/mol. The van der Waals surface area contributed by atoms with Crippen LogP contribution in [0.4, 0.5) is 5.69 Å². The zero-order chi connectivity index (χ0) is 26.0. The first-order valence-corrected chi connectivity index (χ1v) is 11.5. The molecule has 0 spiro atoms. The highest BCUT2D eigenvalue weighted by Crippen LogP contribution is 2.43. The van der Waals surface area contributed by atoms with Gasteiger partial charge in [0.1, 0.15) is 17.3 Å². The summed E-state index contributed by atoms with van der Waals surface area (Å²) < 4.78 is 5.82. The number of hydrogen-bond donors (Lipinski definition) is 2. The molecular formula is C29H26N2O5. The van der Waals surface area contributed by atoms with Crippen molar-refractivity contribution in [2.45, 2.75) is 26.8 Å². The van der Waals surface area contributed by atoms with E-state index in [4.69, 9.17) is 10.00 Å². The van der Waals surface area contributed by atoms with Crippen molar-refractivity contribution in [1.29, 1.82) is 5.26 Å². The maximum atomic E-state index is 13.3. The van der Waals surface area contributed by atoms with E-state index in [2.05, 4.69) is 0 Å². The normalized spacial score (nSPS) is 16.9. The first-order valence-electron chi connectivity index (χ1n) is 11.5. The minimum Gasteiger partial charge on any atom is -0.508 e. The molecule has 0 bridgehead atoms. The topological polar surface area (TPSA) is 111 Å². The molecule has 1 heterocycles. The van der Waals surface area contributed by atoms with Crippen molar-refractivity contribution in [1.82, 2.24) is 0 Å². The second-order valence-corrected chi connectivity index (χ2v) is 9.11. The maximum Gasteiger partial charge on any atom is 0.300 e. The SMILES string of the molecule is Cc1cc(/C(O)=C2/C(=O)C(=O)N(c3ccc(C#N)cc3)C2c2cccc(O)c2)ccc1OCC(C)C. The van der Waals surface area contributed by atoms with Gasteiger partial charge in [-0.15, -0.1) is 0 Å². The van der Waals surface area contributed by atoms with Gasteiger partial charge in [0.2, 0.25) is 0 Å². The van der Waals surface area contributed by atoms with Gasteiger partial charge in [-0.2, -0.15) is 5.26 Å². The Morgan fingerprint density at radius 1 is 1.08 bits per heavy atom. The lowest BCUT2D eigenvalue weighted by Gasteiger charge is -2.25. The predicted molar refractivity (Wildman–Crippen MR) is 136 cm³/mol. The first kappa shape index (κ1) is 24.6. The van der Waals surface area contributed by atoms with Crippen LogP contribution in [-0.2, 0) is 9.59 Å². The lowest BCUT2D eigenvalue weighted by molar-refractivity contribution is -0.132. The fraction of sp³-hybridized carbons (Fsp3) is 0.207. The van der Waals surface area contributed by atoms with E-state index in [0.29, 0.717) is 40.7 Å². The third-order valence-electron chi connectivity index (χ3n) is 5.93. The largest absolute Gasteiger partial charge is 0.508 e. The van der Waals surface area contributed by atoms with Crippen LogP contribution in [0.2, 0.25) is 0 Å². The maximum absolute atomic E-state index is 13.3. The van der Waals surface area contributed by atoms with E-state index in [-0.39, 0.29) is 17.1 Å². The number of aromatic hydroxyl groups is 1. The number of benzene rings is 3. The van der Waals surface area contributed by atoms with Crippen LogP contribution in [0.5, 0.6) is 11.5 Å². The fourth-order valence-corrected chi connectivity index (χ4v) is 4.18. The summed E-state index contributed by atoms with van der Waals surface area (Å²) in [5, 5.41) is 30.6. The Bertz CT molecular complexity index is 1400. The molecule has 3 aromatic carbocycles. The van der Waals surface area contributed by atoms with Gasteiger partial charge in [0.25, 0.3) is 11.7 Å². The summed E-state index contributed by atoms with van der Waals surface area (Å²) in [5.74, 6) is -1.01. The van der Waals surface area contributed by atoms with E-state index >= 15 is 0 Å². The highest BCUT2D eigenvalue weighted by atomic mass is 16.5. The number of nitriles is 1. The Labute approximate surface area is 209 Å². The van der Waals surface area contributed by atoms with Gasteiger partial charge in [0.05, 0.1) is 29.9 Å². The molecule has 1 amide bonds. The van der Waals surface area contributed by atoms with Gasteiger partial charge in [-0.3, -0.25) is 14.5 Å². The quantitative estimate of drug-likeness (QED) is 0.283. The average molecular weight is 483 g/mol. The fourth-order valence-electron chi connectivity index (χ4n) is 4.18. The van der Waals surface area contributed by atoms with Gasteiger partial charge in [-0.25, -0.2) is 0 Å². The number of ketones is 1. The van der Waals surface area contributed by atoms with Gasteiger partial charge in [-0.05, 0) is 78.6 Å². The molecule has 0 saturated carbocycles. The molecule has 0 aliphatic carbocycles. The van der Waals surface area contributed by atoms with E-state index in [1.54, 1.807) is 54.6 Å². The molecule has 7 heteroatoms. The number of nitrogens with zero attached hydrogens (tertiary/aromatic N) is 2. The van der Waals surface area contributed by atoms with Crippen molar-refractivity contribution in [3.8, 4) is 17.6 Å². The number of aliphatic hydroxyl groups is 1. The zero-order valence-corrected chi connectivity index (χ0v) is 20.2. The number of aliphatic hydroxyl groups excluding tert-OH is 1. The molecule has 0 aromatic heterocycles. The van der Waals surface area contributed by atoms with E-state index in [9.17, 15) is 19.8 Å². The smallest absolute Gasteiger partial charge is 0.300 e. The summed E-state index contributed by atoms with van der Waals surface area (Å²) in [5.41, 5.74) is 2.29. The van der Waals surface area contributed by atoms with Crippen LogP contribution in [0, 0.1) is 24.2 Å². The summed E-state index contributed by atoms with van der Waals surface area (Å²) >= 11 is 0. The standard InChI is InChI=1S/C29H26N2O5/c1-17(2)16-36-24-12-9-21(13-18(24)3)27(33)25-26(20-5-4-6-23(32)14-20)31(29(35)28(25)34)22-10-7-19(15-30)8-11-22/h4-14,17,26,32-33H,16H2,1-3H3/b27-25-. The summed E-state index contributed by atoms with van der Waals surface area (Å²) in [7, 11) is 0. The van der Waals surface area contributed by atoms with E-state index in [1.807, 2.05) is 26.8 Å². The molecular weight excluding hydrogens is 456 g/mol. The van der Waals surface area contributed by atoms with Crippen LogP contribution in [0.1, 0.15) is 42.1 Å². The highest BCUT2D eigenvalue weighted by Gasteiger charge is 2.47. The van der Waals surface area contributed by atoms with E-state index < -0.39 is 17.7 Å². The summed E-state index contributed by atoms with van der Waals surface area (Å²) in [6.45, 7) is 6.47. The number of aryl methyl sites for hydroxylation is 1. The highest BCUT2D eigenvalue weighted by molar-refractivity contribution is 6.51. The second-order valence-electron chi connectivity index (χ2n) is 9.11. The molecule has 36 heavy (non-hydrogen) atoms. The van der Waals surface area contributed by atoms with Gasteiger partial charge in [0, 0.05) is 11.3 Å². The summed E-state index contributed by atoms with van der Waals surface area (Å²) in [6, 6.07) is 18.6. The minimum atomic E-state index is -0.984. The molecule has 1 aliphatic rings. The van der Waals surface area contributed by atoms with Crippen molar-refractivity contribution >= 4 is 23.1 Å². The average Bonchev–Trinajstić information content (AvgIpc) is 3.13. The molecule has 4 rings (SSSR count). The van der Waals surface area contributed by atoms with Crippen LogP contribution in [-0.4, -0.2) is 28.5 Å². The molecule has 2 N–H and O–H groups in total. The number of phenols is 1. The second kappa shape index (κ2) is 9.96. The number of Topliss-reactive ketones (excluding diaryl/α,β-unsaturated/α-hetero) is 1. The minimum absolute atomic E-state index is 0.0413. The van der Waals surface area contributed by atoms with Crippen LogP contribution >= 0.6 is 0 Å². The Balaban J connectivity index is 1.85. The van der Waals surface area contributed by atoms with Gasteiger partial charge in [-0.1, -0.05) is 26.0 Å². The number of phenolic OH excluding ortho intramolecular Hbond substituents is 1. The Hall–Kier alpha value is -4.57. The molecule has 182 valence electrons. The number of ether oxygens (including phenoxy) is 1. The van der Waals surface area contributed by atoms with Crippen LogP contribution < -0.4 is 9.64 Å². The number of carbonyl (C=O) groups is 2. The van der Waals surface area contributed by atoms with Crippen molar-refractivity contribution < 1.29 is 24.5 Å². The number of amides is 1. The molecule has 3 aromatic rings. The molecule has 7 nitrogen and oxygen atoms in total. The molecule has 1 atom stereocenters. The lowest BCUT2D eigenvalue weighted by atomic mass is 9.94.